The van der Waals surface area contributed by atoms with Crippen molar-refractivity contribution in [3.8, 4) is 0 Å². The first-order valence-corrected chi connectivity index (χ1v) is 8.95. The molecule has 0 aliphatic carbocycles. The normalized spacial score (nSPS) is 34.8. The third-order valence-electron chi connectivity index (χ3n) is 4.59. The smallest absolute Gasteiger partial charge is 0.239 e. The van der Waals surface area contributed by atoms with E-state index < -0.39 is 0 Å². The van der Waals surface area contributed by atoms with E-state index in [1.165, 1.54) is 5.75 Å². The minimum absolute atomic E-state index is 0.0687. The fourth-order valence-electron chi connectivity index (χ4n) is 3.24. The summed E-state index contributed by atoms with van der Waals surface area (Å²) in [6, 6.07) is -0.199. The Morgan fingerprint density at radius 1 is 1.33 bits per heavy atom. The molecule has 3 heterocycles. The number of ether oxygens (including phenoxy) is 2. The van der Waals surface area contributed by atoms with Crippen molar-refractivity contribution >= 4 is 17.7 Å². The number of carbonyl (C=O) groups is 1. The van der Waals surface area contributed by atoms with Gasteiger partial charge in [0.05, 0.1) is 26.4 Å². The summed E-state index contributed by atoms with van der Waals surface area (Å²) in [4.78, 5) is 14.8. The molecule has 0 spiro atoms. The Bertz CT molecular complexity index is 351. The molecule has 0 radical (unpaired) electrons. The van der Waals surface area contributed by atoms with Gasteiger partial charge < -0.3 is 20.1 Å². The summed E-state index contributed by atoms with van der Waals surface area (Å²) in [5.74, 6) is 2.35. The van der Waals surface area contributed by atoms with Crippen molar-refractivity contribution in [2.45, 2.75) is 18.0 Å². The number of hydrogen-bond donors (Lipinski definition) is 2. The van der Waals surface area contributed by atoms with E-state index >= 15 is 0 Å². The van der Waals surface area contributed by atoms with Gasteiger partial charge in [-0.15, -0.1) is 0 Å². The number of carbonyl (C=O) groups excluding carboxylic acids is 1. The summed E-state index contributed by atoms with van der Waals surface area (Å²) in [7, 11) is 0. The van der Waals surface area contributed by atoms with Crippen LogP contribution < -0.4 is 10.6 Å². The Labute approximate surface area is 130 Å². The van der Waals surface area contributed by atoms with E-state index in [0.29, 0.717) is 13.2 Å². The van der Waals surface area contributed by atoms with Gasteiger partial charge in [0, 0.05) is 37.5 Å². The van der Waals surface area contributed by atoms with Gasteiger partial charge in [0.25, 0.3) is 0 Å². The number of nitrogens with zero attached hydrogens (tertiary/aromatic N) is 1. The van der Waals surface area contributed by atoms with Crippen molar-refractivity contribution in [3.05, 3.63) is 0 Å². The van der Waals surface area contributed by atoms with Crippen molar-refractivity contribution in [2.75, 3.05) is 64.1 Å². The highest BCUT2D eigenvalue weighted by atomic mass is 32.2. The van der Waals surface area contributed by atoms with Gasteiger partial charge in [0.2, 0.25) is 5.91 Å². The third kappa shape index (κ3) is 3.71. The SMILES string of the molecule is O=C(NCC1(N2CCOCC2)CCSC1)C1COCCN1. The zero-order chi connectivity index (χ0) is 14.5. The quantitative estimate of drug-likeness (QED) is 0.715. The molecular formula is C14H25N3O3S. The first kappa shape index (κ1) is 15.6. The van der Waals surface area contributed by atoms with Crippen LogP contribution in [-0.4, -0.2) is 86.5 Å². The van der Waals surface area contributed by atoms with Crippen molar-refractivity contribution in [1.29, 1.82) is 0 Å². The van der Waals surface area contributed by atoms with Gasteiger partial charge in [0.1, 0.15) is 6.04 Å². The fourth-order valence-corrected chi connectivity index (χ4v) is 4.72. The van der Waals surface area contributed by atoms with Gasteiger partial charge in [-0.2, -0.15) is 11.8 Å². The van der Waals surface area contributed by atoms with Crippen LogP contribution in [0, 0.1) is 0 Å². The van der Waals surface area contributed by atoms with Crippen molar-refractivity contribution in [3.63, 3.8) is 0 Å². The summed E-state index contributed by atoms with van der Waals surface area (Å²) < 4.78 is 10.8. The zero-order valence-electron chi connectivity index (χ0n) is 12.4. The first-order valence-electron chi connectivity index (χ1n) is 7.80. The van der Waals surface area contributed by atoms with E-state index in [1.54, 1.807) is 0 Å². The molecule has 120 valence electrons. The fraction of sp³-hybridized carbons (Fsp3) is 0.929. The monoisotopic (exact) mass is 315 g/mol. The average Bonchev–Trinajstić information content (AvgIpc) is 3.04. The molecular weight excluding hydrogens is 290 g/mol. The molecule has 0 aromatic rings. The minimum Gasteiger partial charge on any atom is -0.379 e. The Hall–Kier alpha value is -0.340. The molecule has 6 nitrogen and oxygen atoms in total. The summed E-state index contributed by atoms with van der Waals surface area (Å²) in [6.07, 6.45) is 1.15. The third-order valence-corrected chi connectivity index (χ3v) is 5.83. The molecule has 1 amide bonds. The van der Waals surface area contributed by atoms with E-state index in [2.05, 4.69) is 15.5 Å². The predicted octanol–water partition coefficient (Wildman–Crippen LogP) is -0.701. The highest BCUT2D eigenvalue weighted by Gasteiger charge is 2.41. The molecule has 0 aromatic heterocycles. The molecule has 7 heteroatoms. The van der Waals surface area contributed by atoms with Gasteiger partial charge in [-0.1, -0.05) is 0 Å². The van der Waals surface area contributed by atoms with Gasteiger partial charge in [-0.3, -0.25) is 9.69 Å². The number of morpholine rings is 2. The lowest BCUT2D eigenvalue weighted by atomic mass is 9.95. The van der Waals surface area contributed by atoms with Gasteiger partial charge in [-0.05, 0) is 12.2 Å². The number of nitrogens with one attached hydrogen (secondary N) is 2. The molecule has 3 fully saturated rings. The molecule has 3 saturated heterocycles. The maximum absolute atomic E-state index is 12.3. The van der Waals surface area contributed by atoms with E-state index in [-0.39, 0.29) is 17.5 Å². The summed E-state index contributed by atoms with van der Waals surface area (Å²) in [5, 5.41) is 6.37. The van der Waals surface area contributed by atoms with E-state index in [4.69, 9.17) is 9.47 Å². The van der Waals surface area contributed by atoms with Crippen LogP contribution in [0.5, 0.6) is 0 Å². The van der Waals surface area contributed by atoms with Crippen LogP contribution in [0.1, 0.15) is 6.42 Å². The van der Waals surface area contributed by atoms with E-state index in [0.717, 1.165) is 51.6 Å². The summed E-state index contributed by atoms with van der Waals surface area (Å²) in [6.45, 7) is 6.21. The number of amides is 1. The van der Waals surface area contributed by atoms with Crippen LogP contribution in [0.2, 0.25) is 0 Å². The highest BCUT2D eigenvalue weighted by Crippen LogP contribution is 2.33. The number of hydrogen-bond acceptors (Lipinski definition) is 6. The molecule has 0 bridgehead atoms. The Kier molecular flexibility index (Phi) is 5.39. The van der Waals surface area contributed by atoms with Crippen LogP contribution in [0.3, 0.4) is 0 Å². The first-order chi connectivity index (χ1) is 10.3. The molecule has 0 aromatic carbocycles. The maximum Gasteiger partial charge on any atom is 0.239 e. The van der Waals surface area contributed by atoms with Crippen LogP contribution in [0.15, 0.2) is 0 Å². The molecule has 2 N–H and O–H groups in total. The van der Waals surface area contributed by atoms with E-state index in [9.17, 15) is 4.79 Å². The van der Waals surface area contributed by atoms with Crippen LogP contribution in [0.4, 0.5) is 0 Å². The maximum atomic E-state index is 12.3. The second kappa shape index (κ2) is 7.28. The van der Waals surface area contributed by atoms with E-state index in [1.807, 2.05) is 11.8 Å². The highest BCUT2D eigenvalue weighted by molar-refractivity contribution is 7.99. The van der Waals surface area contributed by atoms with Crippen LogP contribution in [-0.2, 0) is 14.3 Å². The molecule has 0 saturated carbocycles. The molecule has 2 unspecified atom stereocenters. The molecule has 2 atom stereocenters. The van der Waals surface area contributed by atoms with Gasteiger partial charge >= 0.3 is 0 Å². The van der Waals surface area contributed by atoms with Gasteiger partial charge in [-0.25, -0.2) is 0 Å². The summed E-state index contributed by atoms with van der Waals surface area (Å²) in [5.41, 5.74) is 0.111. The minimum atomic E-state index is -0.199. The lowest BCUT2D eigenvalue weighted by molar-refractivity contribution is -0.126. The Balaban J connectivity index is 1.56. The second-order valence-corrected chi connectivity index (χ2v) is 7.03. The standard InChI is InChI=1S/C14H25N3O3S/c18-13(12-9-20-5-2-15-12)16-10-14(1-8-21-11-14)17-3-6-19-7-4-17/h12,15H,1-11H2,(H,16,18). The average molecular weight is 315 g/mol. The Morgan fingerprint density at radius 3 is 2.86 bits per heavy atom. The second-order valence-electron chi connectivity index (χ2n) is 5.93. The van der Waals surface area contributed by atoms with Crippen molar-refractivity contribution < 1.29 is 14.3 Å². The Morgan fingerprint density at radius 2 is 2.19 bits per heavy atom. The number of rotatable bonds is 4. The van der Waals surface area contributed by atoms with Crippen LogP contribution in [0.25, 0.3) is 0 Å². The number of thioether (sulfide) groups is 1. The molecule has 3 aliphatic heterocycles. The molecule has 21 heavy (non-hydrogen) atoms. The zero-order valence-corrected chi connectivity index (χ0v) is 13.3. The van der Waals surface area contributed by atoms with Crippen molar-refractivity contribution in [1.82, 2.24) is 15.5 Å². The predicted molar refractivity (Wildman–Crippen MR) is 82.7 cm³/mol. The topological polar surface area (TPSA) is 62.8 Å². The lowest BCUT2D eigenvalue weighted by Crippen LogP contribution is -2.61. The van der Waals surface area contributed by atoms with Gasteiger partial charge in [0.15, 0.2) is 0 Å². The summed E-state index contributed by atoms with van der Waals surface area (Å²) >= 11 is 1.99. The lowest BCUT2D eigenvalue weighted by Gasteiger charge is -2.43. The molecule has 3 aliphatic rings. The van der Waals surface area contributed by atoms with Crippen molar-refractivity contribution in [2.24, 2.45) is 0 Å². The largest absolute Gasteiger partial charge is 0.379 e. The molecule has 3 rings (SSSR count). The van der Waals surface area contributed by atoms with Crippen LogP contribution >= 0.6 is 11.8 Å².